The zero-order valence-electron chi connectivity index (χ0n) is 14.1. The van der Waals surface area contributed by atoms with Crippen LogP contribution in [-0.4, -0.2) is 24.0 Å². The van der Waals surface area contributed by atoms with E-state index in [-0.39, 0.29) is 17.0 Å². The van der Waals surface area contributed by atoms with Gasteiger partial charge in [0, 0.05) is 12.3 Å². The SMILES string of the molecule is CC(=O)Nc1cccc2cc(S(=O)(=O)O)c(/N=N/c3ccccc3)c(O)c12. The number of anilines is 1. The van der Waals surface area contributed by atoms with Crippen molar-refractivity contribution in [1.29, 1.82) is 0 Å². The lowest BCUT2D eigenvalue weighted by Crippen LogP contribution is -2.06. The number of phenolic OH excluding ortho intramolecular Hbond substituents is 1. The van der Waals surface area contributed by atoms with E-state index in [0.29, 0.717) is 11.1 Å². The Labute approximate surface area is 154 Å². The topological polar surface area (TPSA) is 128 Å². The minimum Gasteiger partial charge on any atom is -0.505 e. The molecule has 3 aromatic carbocycles. The summed E-state index contributed by atoms with van der Waals surface area (Å²) in [6.07, 6.45) is 0. The first-order valence-corrected chi connectivity index (χ1v) is 9.22. The van der Waals surface area contributed by atoms with Crippen LogP contribution in [0.3, 0.4) is 0 Å². The molecule has 9 heteroatoms. The number of carbonyl (C=O) groups is 1. The molecule has 3 N–H and O–H groups in total. The number of phenols is 1. The van der Waals surface area contributed by atoms with Gasteiger partial charge < -0.3 is 10.4 Å². The number of aromatic hydroxyl groups is 1. The van der Waals surface area contributed by atoms with Gasteiger partial charge in [-0.15, -0.1) is 5.11 Å². The zero-order chi connectivity index (χ0) is 19.6. The molecule has 3 rings (SSSR count). The third-order valence-corrected chi connectivity index (χ3v) is 4.56. The maximum absolute atomic E-state index is 11.8. The lowest BCUT2D eigenvalue weighted by Gasteiger charge is -2.12. The summed E-state index contributed by atoms with van der Waals surface area (Å²) in [4.78, 5) is 10.8. The summed E-state index contributed by atoms with van der Waals surface area (Å²) in [6, 6.07) is 14.3. The molecule has 0 unspecified atom stereocenters. The molecule has 0 spiro atoms. The number of benzene rings is 3. The number of hydrogen-bond acceptors (Lipinski definition) is 6. The maximum atomic E-state index is 11.8. The van der Waals surface area contributed by atoms with Gasteiger partial charge in [0.2, 0.25) is 5.91 Å². The fourth-order valence-corrected chi connectivity index (χ4v) is 3.25. The molecule has 27 heavy (non-hydrogen) atoms. The van der Waals surface area contributed by atoms with Gasteiger partial charge in [-0.1, -0.05) is 30.3 Å². The van der Waals surface area contributed by atoms with Gasteiger partial charge in [0.25, 0.3) is 10.1 Å². The van der Waals surface area contributed by atoms with E-state index in [1.807, 2.05) is 0 Å². The van der Waals surface area contributed by atoms with Gasteiger partial charge in [-0.3, -0.25) is 9.35 Å². The predicted molar refractivity (Wildman–Crippen MR) is 100 cm³/mol. The quantitative estimate of drug-likeness (QED) is 0.459. The molecule has 0 bridgehead atoms. The average molecular weight is 385 g/mol. The molecular weight excluding hydrogens is 370 g/mol. The lowest BCUT2D eigenvalue weighted by molar-refractivity contribution is -0.114. The van der Waals surface area contributed by atoms with Gasteiger partial charge in [-0.05, 0) is 29.7 Å². The van der Waals surface area contributed by atoms with Crippen LogP contribution in [0.4, 0.5) is 17.1 Å². The molecule has 3 aromatic rings. The second-order valence-corrected chi connectivity index (χ2v) is 7.06. The third-order valence-electron chi connectivity index (χ3n) is 3.69. The first-order valence-electron chi connectivity index (χ1n) is 7.78. The molecule has 0 fully saturated rings. The number of fused-ring (bicyclic) bond motifs is 1. The Kier molecular flexibility index (Phi) is 4.89. The smallest absolute Gasteiger partial charge is 0.296 e. The average Bonchev–Trinajstić information content (AvgIpc) is 2.60. The molecule has 0 aromatic heterocycles. The first-order chi connectivity index (χ1) is 12.8. The summed E-state index contributed by atoms with van der Waals surface area (Å²) in [6.45, 7) is 1.30. The van der Waals surface area contributed by atoms with Crippen molar-refractivity contribution >= 4 is 43.9 Å². The molecule has 0 radical (unpaired) electrons. The number of rotatable bonds is 4. The number of amides is 1. The van der Waals surface area contributed by atoms with Crippen molar-refractivity contribution < 1.29 is 22.9 Å². The Morgan fingerprint density at radius 2 is 1.74 bits per heavy atom. The largest absolute Gasteiger partial charge is 0.505 e. The highest BCUT2D eigenvalue weighted by atomic mass is 32.2. The number of nitrogens with zero attached hydrogens (tertiary/aromatic N) is 2. The van der Waals surface area contributed by atoms with Crippen molar-refractivity contribution in [2.75, 3.05) is 5.32 Å². The molecule has 0 aliphatic heterocycles. The molecule has 0 saturated carbocycles. The van der Waals surface area contributed by atoms with E-state index >= 15 is 0 Å². The molecular formula is C18H15N3O5S. The van der Waals surface area contributed by atoms with E-state index in [1.165, 1.54) is 13.0 Å². The van der Waals surface area contributed by atoms with Crippen LogP contribution < -0.4 is 5.32 Å². The van der Waals surface area contributed by atoms with Gasteiger partial charge in [-0.25, -0.2) is 0 Å². The van der Waals surface area contributed by atoms with Gasteiger partial charge in [0.05, 0.1) is 11.4 Å². The molecule has 0 aliphatic rings. The van der Waals surface area contributed by atoms with E-state index in [0.717, 1.165) is 6.07 Å². The van der Waals surface area contributed by atoms with Crippen molar-refractivity contribution in [3.05, 3.63) is 54.6 Å². The van der Waals surface area contributed by atoms with Crippen LogP contribution >= 0.6 is 0 Å². The molecule has 138 valence electrons. The standard InChI is InChI=1S/C18H15N3O5S/c1-11(22)19-14-9-5-6-12-10-15(27(24,25)26)17(18(23)16(12)14)21-20-13-7-3-2-4-8-13/h2-10,23H,1H3,(H,19,22)(H,24,25,26)/b21-20+. The second kappa shape index (κ2) is 7.14. The van der Waals surface area contributed by atoms with Crippen molar-refractivity contribution in [3.8, 4) is 5.75 Å². The van der Waals surface area contributed by atoms with Crippen molar-refractivity contribution in [2.45, 2.75) is 11.8 Å². The highest BCUT2D eigenvalue weighted by Crippen LogP contribution is 2.44. The maximum Gasteiger partial charge on any atom is 0.296 e. The van der Waals surface area contributed by atoms with Crippen LogP contribution in [0.1, 0.15) is 6.92 Å². The molecule has 1 amide bonds. The van der Waals surface area contributed by atoms with Crippen LogP contribution in [0.2, 0.25) is 0 Å². The lowest BCUT2D eigenvalue weighted by atomic mass is 10.1. The third kappa shape index (κ3) is 3.94. The van der Waals surface area contributed by atoms with E-state index < -0.39 is 26.5 Å². The van der Waals surface area contributed by atoms with E-state index in [2.05, 4.69) is 15.5 Å². The first kappa shape index (κ1) is 18.5. The van der Waals surface area contributed by atoms with Gasteiger partial charge in [-0.2, -0.15) is 13.5 Å². The summed E-state index contributed by atoms with van der Waals surface area (Å²) in [5.41, 5.74) is 0.274. The van der Waals surface area contributed by atoms with E-state index in [4.69, 9.17) is 0 Å². The highest BCUT2D eigenvalue weighted by Gasteiger charge is 2.23. The summed E-state index contributed by atoms with van der Waals surface area (Å²) in [5.74, 6) is -0.891. The van der Waals surface area contributed by atoms with Crippen molar-refractivity contribution in [1.82, 2.24) is 0 Å². The molecule has 0 atom stereocenters. The summed E-state index contributed by atoms with van der Waals surface area (Å²) in [5, 5.41) is 21.5. The van der Waals surface area contributed by atoms with E-state index in [1.54, 1.807) is 42.5 Å². The number of azo groups is 1. The van der Waals surface area contributed by atoms with Gasteiger partial charge in [0.15, 0.2) is 5.75 Å². The fourth-order valence-electron chi connectivity index (χ4n) is 2.59. The van der Waals surface area contributed by atoms with Gasteiger partial charge >= 0.3 is 0 Å². The van der Waals surface area contributed by atoms with Crippen molar-refractivity contribution in [2.24, 2.45) is 10.2 Å². The Bertz CT molecular complexity index is 1160. The number of carbonyl (C=O) groups excluding carboxylic acids is 1. The summed E-state index contributed by atoms with van der Waals surface area (Å²) < 4.78 is 33.1. The molecule has 0 saturated heterocycles. The Morgan fingerprint density at radius 1 is 1.04 bits per heavy atom. The molecule has 0 aliphatic carbocycles. The molecule has 8 nitrogen and oxygen atoms in total. The normalized spacial score (nSPS) is 11.8. The number of hydrogen-bond donors (Lipinski definition) is 3. The van der Waals surface area contributed by atoms with Crippen LogP contribution in [-0.2, 0) is 14.9 Å². The van der Waals surface area contributed by atoms with E-state index in [9.17, 15) is 22.9 Å². The Balaban J connectivity index is 2.30. The van der Waals surface area contributed by atoms with Gasteiger partial charge in [0.1, 0.15) is 10.6 Å². The minimum atomic E-state index is -4.69. The molecule has 0 heterocycles. The Morgan fingerprint density at radius 3 is 2.37 bits per heavy atom. The predicted octanol–water partition coefficient (Wildman–Crippen LogP) is 4.17. The van der Waals surface area contributed by atoms with Crippen LogP contribution in [0, 0.1) is 0 Å². The highest BCUT2D eigenvalue weighted by molar-refractivity contribution is 7.86. The summed E-state index contributed by atoms with van der Waals surface area (Å²) >= 11 is 0. The van der Waals surface area contributed by atoms with Crippen LogP contribution in [0.15, 0.2) is 69.7 Å². The number of nitrogens with one attached hydrogen (secondary N) is 1. The minimum absolute atomic E-state index is 0.183. The second-order valence-electron chi connectivity index (χ2n) is 5.67. The monoisotopic (exact) mass is 385 g/mol. The van der Waals surface area contributed by atoms with Crippen LogP contribution in [0.25, 0.3) is 10.8 Å². The fraction of sp³-hybridized carbons (Fsp3) is 0.0556. The summed E-state index contributed by atoms with van der Waals surface area (Å²) in [7, 11) is -4.69. The zero-order valence-corrected chi connectivity index (χ0v) is 14.9. The van der Waals surface area contributed by atoms with Crippen LogP contribution in [0.5, 0.6) is 5.75 Å². The Hall–Kier alpha value is -3.30. The van der Waals surface area contributed by atoms with Crippen molar-refractivity contribution in [3.63, 3.8) is 0 Å².